The lowest BCUT2D eigenvalue weighted by molar-refractivity contribution is 0.156. The third-order valence-electron chi connectivity index (χ3n) is 4.85. The maximum absolute atomic E-state index is 12.3. The SMILES string of the molecule is CCn1cnc2cc(NC(=O)OCc3sc(-c4ccc(Cl)cc4C)nc3C)ccc21. The third kappa shape index (κ3) is 4.17. The molecule has 0 bridgehead atoms. The first kappa shape index (κ1) is 20.4. The Hall–Kier alpha value is -2.90. The zero-order valence-corrected chi connectivity index (χ0v) is 18.5. The summed E-state index contributed by atoms with van der Waals surface area (Å²) in [6.45, 7) is 6.99. The summed E-state index contributed by atoms with van der Waals surface area (Å²) < 4.78 is 7.47. The molecule has 0 spiro atoms. The van der Waals surface area contributed by atoms with Crippen LogP contribution in [0.1, 0.15) is 23.1 Å². The largest absolute Gasteiger partial charge is 0.444 e. The van der Waals surface area contributed by atoms with E-state index in [1.807, 2.05) is 54.8 Å². The molecule has 8 heteroatoms. The van der Waals surface area contributed by atoms with E-state index in [1.165, 1.54) is 11.3 Å². The molecule has 0 saturated carbocycles. The number of anilines is 1. The van der Waals surface area contributed by atoms with E-state index in [0.29, 0.717) is 10.7 Å². The Morgan fingerprint density at radius 2 is 2.07 bits per heavy atom. The van der Waals surface area contributed by atoms with Crippen LogP contribution in [0.4, 0.5) is 10.5 Å². The third-order valence-corrected chi connectivity index (χ3v) is 6.25. The fraction of sp³-hybridized carbons (Fsp3) is 0.227. The normalized spacial score (nSPS) is 11.1. The number of carbonyl (C=O) groups is 1. The number of nitrogens with zero attached hydrogens (tertiary/aromatic N) is 3. The summed E-state index contributed by atoms with van der Waals surface area (Å²) in [7, 11) is 0. The average Bonchev–Trinajstić information content (AvgIpc) is 3.29. The highest BCUT2D eigenvalue weighted by molar-refractivity contribution is 7.15. The van der Waals surface area contributed by atoms with Gasteiger partial charge in [0.15, 0.2) is 0 Å². The highest BCUT2D eigenvalue weighted by Gasteiger charge is 2.14. The van der Waals surface area contributed by atoms with Gasteiger partial charge in [-0.05, 0) is 56.7 Å². The summed E-state index contributed by atoms with van der Waals surface area (Å²) in [5.74, 6) is 0. The molecular formula is C22H21ClN4O2S. The number of thiazole rings is 1. The second kappa shape index (κ2) is 8.45. The lowest BCUT2D eigenvalue weighted by Gasteiger charge is -2.07. The fourth-order valence-corrected chi connectivity index (χ4v) is 4.52. The summed E-state index contributed by atoms with van der Waals surface area (Å²) >= 11 is 7.56. The van der Waals surface area contributed by atoms with Crippen LogP contribution in [0.3, 0.4) is 0 Å². The molecule has 4 aromatic rings. The van der Waals surface area contributed by atoms with Gasteiger partial charge in [0.25, 0.3) is 0 Å². The van der Waals surface area contributed by atoms with Crippen molar-refractivity contribution in [3.8, 4) is 10.6 Å². The number of hydrogen-bond acceptors (Lipinski definition) is 5. The molecule has 0 radical (unpaired) electrons. The maximum atomic E-state index is 12.3. The van der Waals surface area contributed by atoms with Gasteiger partial charge in [-0.2, -0.15) is 0 Å². The van der Waals surface area contributed by atoms with E-state index < -0.39 is 6.09 Å². The summed E-state index contributed by atoms with van der Waals surface area (Å²) in [4.78, 5) is 22.2. The second-order valence-corrected chi connectivity index (χ2v) is 8.44. The van der Waals surface area contributed by atoms with Crippen molar-refractivity contribution in [1.29, 1.82) is 0 Å². The Morgan fingerprint density at radius 1 is 1.23 bits per heavy atom. The average molecular weight is 441 g/mol. The van der Waals surface area contributed by atoms with E-state index in [-0.39, 0.29) is 6.61 Å². The minimum absolute atomic E-state index is 0.161. The highest BCUT2D eigenvalue weighted by atomic mass is 35.5. The van der Waals surface area contributed by atoms with Crippen LogP contribution in [0.5, 0.6) is 0 Å². The number of fused-ring (bicyclic) bond motifs is 1. The van der Waals surface area contributed by atoms with Crippen molar-refractivity contribution >= 4 is 45.8 Å². The van der Waals surface area contributed by atoms with Gasteiger partial charge in [-0.15, -0.1) is 11.3 Å². The molecule has 1 N–H and O–H groups in total. The van der Waals surface area contributed by atoms with Crippen LogP contribution in [0.15, 0.2) is 42.7 Å². The van der Waals surface area contributed by atoms with Crippen molar-refractivity contribution in [2.24, 2.45) is 0 Å². The number of aryl methyl sites for hydroxylation is 3. The van der Waals surface area contributed by atoms with Crippen LogP contribution >= 0.6 is 22.9 Å². The molecule has 154 valence electrons. The Balaban J connectivity index is 1.42. The first-order chi connectivity index (χ1) is 14.4. The molecule has 0 atom stereocenters. The number of benzene rings is 2. The molecule has 0 unspecified atom stereocenters. The number of hydrogen-bond donors (Lipinski definition) is 1. The van der Waals surface area contributed by atoms with Crippen molar-refractivity contribution in [3.05, 3.63) is 63.9 Å². The first-order valence-corrected chi connectivity index (χ1v) is 10.8. The first-order valence-electron chi connectivity index (χ1n) is 9.56. The maximum Gasteiger partial charge on any atom is 0.411 e. The number of imidazole rings is 1. The number of ether oxygens (including phenoxy) is 1. The quantitative estimate of drug-likeness (QED) is 0.401. The van der Waals surface area contributed by atoms with Gasteiger partial charge in [0.05, 0.1) is 27.9 Å². The molecule has 0 aliphatic carbocycles. The monoisotopic (exact) mass is 440 g/mol. The topological polar surface area (TPSA) is 69.0 Å². The van der Waals surface area contributed by atoms with Crippen LogP contribution in [-0.2, 0) is 17.9 Å². The lowest BCUT2D eigenvalue weighted by atomic mass is 10.1. The smallest absolute Gasteiger partial charge is 0.411 e. The zero-order chi connectivity index (χ0) is 21.3. The van der Waals surface area contributed by atoms with Crippen molar-refractivity contribution in [1.82, 2.24) is 14.5 Å². The van der Waals surface area contributed by atoms with Gasteiger partial charge in [-0.1, -0.05) is 17.7 Å². The van der Waals surface area contributed by atoms with Crippen LogP contribution in [0, 0.1) is 13.8 Å². The van der Waals surface area contributed by atoms with Crippen molar-refractivity contribution in [2.45, 2.75) is 33.9 Å². The van der Waals surface area contributed by atoms with Gasteiger partial charge >= 0.3 is 6.09 Å². The van der Waals surface area contributed by atoms with Crippen LogP contribution < -0.4 is 5.32 Å². The van der Waals surface area contributed by atoms with Crippen LogP contribution in [0.2, 0.25) is 5.02 Å². The van der Waals surface area contributed by atoms with E-state index in [0.717, 1.165) is 44.3 Å². The van der Waals surface area contributed by atoms with E-state index in [2.05, 4.69) is 22.2 Å². The van der Waals surface area contributed by atoms with Crippen LogP contribution in [-0.4, -0.2) is 20.6 Å². The molecule has 0 saturated heterocycles. The number of nitrogens with one attached hydrogen (secondary N) is 1. The van der Waals surface area contributed by atoms with E-state index in [4.69, 9.17) is 16.3 Å². The van der Waals surface area contributed by atoms with Gasteiger partial charge in [0.1, 0.15) is 11.6 Å². The highest BCUT2D eigenvalue weighted by Crippen LogP contribution is 2.32. The molecule has 30 heavy (non-hydrogen) atoms. The minimum Gasteiger partial charge on any atom is -0.444 e. The van der Waals surface area contributed by atoms with Crippen molar-refractivity contribution in [3.63, 3.8) is 0 Å². The number of amides is 1. The molecule has 2 aromatic carbocycles. The summed E-state index contributed by atoms with van der Waals surface area (Å²) in [6.07, 6.45) is 1.28. The molecule has 4 rings (SSSR count). The van der Waals surface area contributed by atoms with Crippen LogP contribution in [0.25, 0.3) is 21.6 Å². The van der Waals surface area contributed by atoms with Gasteiger partial charge in [-0.3, -0.25) is 5.32 Å². The van der Waals surface area contributed by atoms with E-state index in [1.54, 1.807) is 6.33 Å². The summed E-state index contributed by atoms with van der Waals surface area (Å²) in [5.41, 5.74) is 5.44. The number of halogens is 1. The van der Waals surface area contributed by atoms with E-state index in [9.17, 15) is 4.79 Å². The molecule has 2 aromatic heterocycles. The van der Waals surface area contributed by atoms with E-state index >= 15 is 0 Å². The van der Waals surface area contributed by atoms with Gasteiger partial charge in [0, 0.05) is 22.8 Å². The molecule has 2 heterocycles. The lowest BCUT2D eigenvalue weighted by Crippen LogP contribution is -2.13. The Kier molecular flexibility index (Phi) is 5.74. The Morgan fingerprint density at radius 3 is 2.83 bits per heavy atom. The molecule has 0 aliphatic rings. The summed E-state index contributed by atoms with van der Waals surface area (Å²) in [5, 5.41) is 4.35. The van der Waals surface area contributed by atoms with Crippen molar-refractivity contribution in [2.75, 3.05) is 5.32 Å². The second-order valence-electron chi connectivity index (χ2n) is 6.92. The number of rotatable bonds is 5. The van der Waals surface area contributed by atoms with Gasteiger partial charge < -0.3 is 9.30 Å². The van der Waals surface area contributed by atoms with Gasteiger partial charge in [-0.25, -0.2) is 14.8 Å². The number of aromatic nitrogens is 3. The van der Waals surface area contributed by atoms with Gasteiger partial charge in [0.2, 0.25) is 0 Å². The Bertz CT molecular complexity index is 1230. The Labute approximate surface area is 183 Å². The van der Waals surface area contributed by atoms with Crippen molar-refractivity contribution < 1.29 is 9.53 Å². The molecule has 0 fully saturated rings. The molecule has 6 nitrogen and oxygen atoms in total. The molecular weight excluding hydrogens is 420 g/mol. The zero-order valence-electron chi connectivity index (χ0n) is 16.9. The fourth-order valence-electron chi connectivity index (χ4n) is 3.22. The number of carbonyl (C=O) groups excluding carboxylic acids is 1. The predicted molar refractivity (Wildman–Crippen MR) is 121 cm³/mol. The standard InChI is InChI=1S/C22H21ClN4O2S/c1-4-27-12-24-18-10-16(6-8-19(18)27)26-22(28)29-11-20-14(3)25-21(30-20)17-7-5-15(23)9-13(17)2/h5-10,12H,4,11H2,1-3H3,(H,26,28). The minimum atomic E-state index is -0.513. The molecule has 1 amide bonds. The molecule has 0 aliphatic heterocycles. The summed E-state index contributed by atoms with van der Waals surface area (Å²) in [6, 6.07) is 11.3. The predicted octanol–water partition coefficient (Wildman–Crippen LogP) is 6.20.